The minimum absolute atomic E-state index is 0.384. The van der Waals surface area contributed by atoms with Gasteiger partial charge in [-0.15, -0.1) is 0 Å². The van der Waals surface area contributed by atoms with Crippen molar-refractivity contribution in [1.29, 1.82) is 0 Å². The number of alkyl halides is 3. The quantitative estimate of drug-likeness (QED) is 0.389. The predicted molar refractivity (Wildman–Crippen MR) is 85.6 cm³/mol. The van der Waals surface area contributed by atoms with E-state index in [-0.39, 0.29) is 0 Å². The number of hydrogen-bond acceptors (Lipinski definition) is 4. The van der Waals surface area contributed by atoms with Crippen molar-refractivity contribution in [2.75, 3.05) is 0 Å². The second-order valence-electron chi connectivity index (χ2n) is 5.52. The maximum absolute atomic E-state index is 12.9. The van der Waals surface area contributed by atoms with Gasteiger partial charge in [0.1, 0.15) is 11.1 Å². The van der Waals surface area contributed by atoms with Crippen LogP contribution < -0.4 is 0 Å². The van der Waals surface area contributed by atoms with E-state index < -0.39 is 81.1 Å². The zero-order valence-corrected chi connectivity index (χ0v) is 14.8. The van der Waals surface area contributed by atoms with Gasteiger partial charge in [0.15, 0.2) is 23.3 Å². The Morgan fingerprint density at radius 1 is 0.562 bits per heavy atom. The van der Waals surface area contributed by atoms with Crippen LogP contribution in [0, 0.1) is 23.3 Å². The lowest BCUT2D eigenvalue weighted by atomic mass is 10.1. The number of carboxylic acids is 4. The van der Waals surface area contributed by atoms with Crippen molar-refractivity contribution < 1.29 is 70.3 Å². The number of benzene rings is 2. The first-order chi connectivity index (χ1) is 14.5. The van der Waals surface area contributed by atoms with Gasteiger partial charge in [-0.3, -0.25) is 0 Å². The van der Waals surface area contributed by atoms with Gasteiger partial charge in [0.25, 0.3) is 0 Å². The molecule has 0 fully saturated rings. The number of carboxylic acid groups (broad SMARTS) is 4. The summed E-state index contributed by atoms with van der Waals surface area (Å²) in [5, 5.41) is 33.6. The summed E-state index contributed by atoms with van der Waals surface area (Å²) in [6.45, 7) is 0. The maximum atomic E-state index is 12.9. The van der Waals surface area contributed by atoms with Crippen LogP contribution in [0.25, 0.3) is 0 Å². The lowest BCUT2D eigenvalue weighted by Gasteiger charge is -2.08. The van der Waals surface area contributed by atoms with Crippen molar-refractivity contribution in [3.63, 3.8) is 0 Å². The molecule has 0 saturated carbocycles. The van der Waals surface area contributed by atoms with Crippen LogP contribution in [0.2, 0.25) is 0 Å². The first kappa shape index (κ1) is 25.9. The Labute approximate surface area is 170 Å². The average molecular weight is 472 g/mol. The van der Waals surface area contributed by atoms with Crippen LogP contribution >= 0.6 is 0 Å². The molecule has 172 valence electrons. The molecule has 8 nitrogen and oxygen atoms in total. The summed E-state index contributed by atoms with van der Waals surface area (Å²) in [5.41, 5.74) is -6.48. The summed E-state index contributed by atoms with van der Waals surface area (Å²) in [4.78, 5) is 41.5. The number of halogens is 7. The van der Waals surface area contributed by atoms with Crippen molar-refractivity contribution in [2.24, 2.45) is 0 Å². The summed E-state index contributed by atoms with van der Waals surface area (Å²) in [6.07, 6.45) is -4.78. The van der Waals surface area contributed by atoms with E-state index in [1.165, 1.54) is 0 Å². The highest BCUT2D eigenvalue weighted by Gasteiger charge is 2.33. The lowest BCUT2D eigenvalue weighted by Crippen LogP contribution is -2.15. The summed E-state index contributed by atoms with van der Waals surface area (Å²) < 4.78 is 88.4. The zero-order chi connectivity index (χ0) is 25.1. The molecule has 0 heterocycles. The first-order valence-corrected chi connectivity index (χ1v) is 7.52. The fourth-order valence-electron chi connectivity index (χ4n) is 2.05. The molecule has 0 unspecified atom stereocenters. The van der Waals surface area contributed by atoms with Gasteiger partial charge in [-0.25, -0.2) is 36.7 Å². The molecule has 0 amide bonds. The van der Waals surface area contributed by atoms with Crippen molar-refractivity contribution >= 4 is 23.9 Å². The van der Waals surface area contributed by atoms with Gasteiger partial charge in [0.2, 0.25) is 0 Å². The smallest absolute Gasteiger partial charge is 0.416 e. The number of hydrogen-bond donors (Lipinski definition) is 4. The monoisotopic (exact) mass is 472 g/mol. The Bertz CT molecular complexity index is 1020. The van der Waals surface area contributed by atoms with Crippen LogP contribution in [0.1, 0.15) is 47.0 Å². The molecule has 2 aromatic carbocycles. The van der Waals surface area contributed by atoms with Crippen LogP contribution in [0.4, 0.5) is 30.7 Å². The zero-order valence-electron chi connectivity index (χ0n) is 14.8. The second-order valence-corrected chi connectivity index (χ2v) is 5.52. The molecular weight excluding hydrogens is 465 g/mol. The Morgan fingerprint density at radius 3 is 1.03 bits per heavy atom. The molecule has 0 aliphatic carbocycles. The molecule has 0 atom stereocenters. The van der Waals surface area contributed by atoms with E-state index in [1.54, 1.807) is 0 Å². The molecule has 0 bridgehead atoms. The van der Waals surface area contributed by atoms with E-state index in [1.807, 2.05) is 0 Å². The molecule has 0 aromatic heterocycles. The summed E-state index contributed by atoms with van der Waals surface area (Å²) in [6, 6.07) is 1.43. The lowest BCUT2D eigenvalue weighted by molar-refractivity contribution is -0.137. The molecule has 32 heavy (non-hydrogen) atoms. The highest BCUT2D eigenvalue weighted by atomic mass is 19.4. The normalized spacial score (nSPS) is 10.7. The van der Waals surface area contributed by atoms with Crippen LogP contribution in [0.5, 0.6) is 0 Å². The van der Waals surface area contributed by atoms with Gasteiger partial charge in [-0.1, -0.05) is 0 Å². The molecule has 0 aliphatic heterocycles. The van der Waals surface area contributed by atoms with E-state index in [2.05, 4.69) is 0 Å². The SMILES string of the molecule is O=C(O)c1c(F)c(F)c(C(=O)O)c(F)c1F.O=C(O)c1cc(C(=O)O)cc(C(F)(F)F)c1. The molecular formula is C17H7F7O8. The topological polar surface area (TPSA) is 149 Å². The van der Waals surface area contributed by atoms with Crippen LogP contribution in [0.3, 0.4) is 0 Å². The highest BCUT2D eigenvalue weighted by Crippen LogP contribution is 2.30. The van der Waals surface area contributed by atoms with E-state index in [0.29, 0.717) is 18.2 Å². The Morgan fingerprint density at radius 2 is 0.844 bits per heavy atom. The summed E-state index contributed by atoms with van der Waals surface area (Å²) in [5.74, 6) is -16.8. The predicted octanol–water partition coefficient (Wildman–Crippen LogP) is 3.74. The second kappa shape index (κ2) is 9.32. The van der Waals surface area contributed by atoms with E-state index in [0.717, 1.165) is 0 Å². The van der Waals surface area contributed by atoms with Crippen LogP contribution in [-0.4, -0.2) is 44.3 Å². The third-order valence-electron chi connectivity index (χ3n) is 3.45. The number of rotatable bonds is 4. The standard InChI is InChI=1S/C9H5F3O4.C8H2F4O4/c10-9(11,12)6-2-4(7(13)14)1-5(3-6)8(15)16;9-3-1(7(13)14)4(10)6(12)2(5(3)11)8(15)16/h1-3H,(H,13,14)(H,15,16);(H,13,14)(H,15,16). The molecule has 2 rings (SSSR count). The van der Waals surface area contributed by atoms with E-state index >= 15 is 0 Å². The average Bonchev–Trinajstić information content (AvgIpc) is 2.65. The third kappa shape index (κ3) is 5.50. The molecule has 15 heteroatoms. The van der Waals surface area contributed by atoms with E-state index in [4.69, 9.17) is 20.4 Å². The molecule has 0 radical (unpaired) electrons. The van der Waals surface area contributed by atoms with Crippen molar-refractivity contribution in [3.05, 3.63) is 69.3 Å². The largest absolute Gasteiger partial charge is 0.478 e. The van der Waals surface area contributed by atoms with Gasteiger partial charge >= 0.3 is 30.1 Å². The van der Waals surface area contributed by atoms with Crippen molar-refractivity contribution in [1.82, 2.24) is 0 Å². The Hall–Kier alpha value is -4.17. The molecule has 0 aliphatic rings. The highest BCUT2D eigenvalue weighted by molar-refractivity contribution is 5.94. The maximum Gasteiger partial charge on any atom is 0.416 e. The molecule has 0 saturated heterocycles. The first-order valence-electron chi connectivity index (χ1n) is 7.52. The minimum Gasteiger partial charge on any atom is -0.478 e. The van der Waals surface area contributed by atoms with Gasteiger partial charge in [0, 0.05) is 0 Å². The summed E-state index contributed by atoms with van der Waals surface area (Å²) >= 11 is 0. The van der Waals surface area contributed by atoms with Gasteiger partial charge in [-0.05, 0) is 18.2 Å². The van der Waals surface area contributed by atoms with Crippen LogP contribution in [-0.2, 0) is 6.18 Å². The molecule has 0 spiro atoms. The van der Waals surface area contributed by atoms with Gasteiger partial charge in [0.05, 0.1) is 16.7 Å². The fraction of sp³-hybridized carbons (Fsp3) is 0.0588. The Kier molecular flexibility index (Phi) is 7.53. The fourth-order valence-corrected chi connectivity index (χ4v) is 2.05. The Balaban J connectivity index is 0.000000320. The van der Waals surface area contributed by atoms with Crippen molar-refractivity contribution in [3.8, 4) is 0 Å². The molecule has 2 aromatic rings. The van der Waals surface area contributed by atoms with Gasteiger partial charge in [-0.2, -0.15) is 13.2 Å². The third-order valence-corrected chi connectivity index (χ3v) is 3.45. The summed E-state index contributed by atoms with van der Waals surface area (Å²) in [7, 11) is 0. The molecule has 4 N–H and O–H groups in total. The van der Waals surface area contributed by atoms with E-state index in [9.17, 15) is 49.9 Å². The number of carbonyl (C=O) groups is 4. The van der Waals surface area contributed by atoms with Crippen LogP contribution in [0.15, 0.2) is 18.2 Å². The van der Waals surface area contributed by atoms with Crippen molar-refractivity contribution in [2.45, 2.75) is 6.18 Å². The number of aromatic carboxylic acids is 4. The minimum atomic E-state index is -4.78. The van der Waals surface area contributed by atoms with Gasteiger partial charge < -0.3 is 20.4 Å².